The summed E-state index contributed by atoms with van der Waals surface area (Å²) in [6.07, 6.45) is 1.73. The maximum atomic E-state index is 13.4. The molecule has 0 bridgehead atoms. The van der Waals surface area contributed by atoms with Crippen molar-refractivity contribution in [3.05, 3.63) is 29.8 Å². The molecule has 1 aromatic rings. The number of halogens is 2. The van der Waals surface area contributed by atoms with Gasteiger partial charge in [0.1, 0.15) is 17.7 Å². The minimum absolute atomic E-state index is 0.00576. The van der Waals surface area contributed by atoms with E-state index in [2.05, 4.69) is 0 Å². The van der Waals surface area contributed by atoms with Gasteiger partial charge in [-0.3, -0.25) is 4.79 Å². The zero-order valence-corrected chi connectivity index (χ0v) is 12.1. The monoisotopic (exact) mass is 325 g/mol. The van der Waals surface area contributed by atoms with E-state index in [0.29, 0.717) is 5.75 Å². The fourth-order valence-corrected chi connectivity index (χ4v) is 3.29. The van der Waals surface area contributed by atoms with Crippen LogP contribution in [0.4, 0.5) is 8.78 Å². The summed E-state index contributed by atoms with van der Waals surface area (Å²) in [4.78, 5) is 9.79. The van der Waals surface area contributed by atoms with Gasteiger partial charge < -0.3 is 5.11 Å². The third-order valence-electron chi connectivity index (χ3n) is 2.39. The highest BCUT2D eigenvalue weighted by atomic mass is 32.2. The van der Waals surface area contributed by atoms with Gasteiger partial charge in [0, 0.05) is 0 Å². The summed E-state index contributed by atoms with van der Waals surface area (Å²) in [5.74, 6) is -3.56. The molecule has 0 aromatic heterocycles. The van der Waals surface area contributed by atoms with Crippen LogP contribution in [0, 0.1) is 11.6 Å². The molecule has 9 heteroatoms. The number of hydrogen-bond donors (Lipinski definition) is 2. The van der Waals surface area contributed by atoms with E-state index >= 15 is 0 Å². The van der Waals surface area contributed by atoms with Crippen LogP contribution in [0.15, 0.2) is 23.1 Å². The molecule has 0 fully saturated rings. The number of carboxylic acid groups (broad SMARTS) is 1. The second-order valence-corrected chi connectivity index (χ2v) is 6.48. The van der Waals surface area contributed by atoms with Crippen molar-refractivity contribution in [2.75, 3.05) is 12.0 Å². The van der Waals surface area contributed by atoms with Crippen molar-refractivity contribution in [2.24, 2.45) is 0 Å². The molecular formula is C11H13F2NO4S2. The van der Waals surface area contributed by atoms with Gasteiger partial charge in [-0.2, -0.15) is 16.5 Å². The first-order chi connectivity index (χ1) is 9.29. The lowest BCUT2D eigenvalue weighted by molar-refractivity contribution is -0.139. The first-order valence-electron chi connectivity index (χ1n) is 5.47. The van der Waals surface area contributed by atoms with Gasteiger partial charge in [-0.05, 0) is 30.6 Å². The average molecular weight is 325 g/mol. The molecule has 112 valence electrons. The van der Waals surface area contributed by atoms with Crippen molar-refractivity contribution in [1.29, 1.82) is 0 Å². The van der Waals surface area contributed by atoms with E-state index in [1.807, 2.05) is 0 Å². The molecule has 0 aliphatic carbocycles. The molecule has 0 saturated carbocycles. The highest BCUT2D eigenvalue weighted by Crippen LogP contribution is 2.19. The Morgan fingerprint density at radius 3 is 2.40 bits per heavy atom. The molecule has 0 saturated heterocycles. The van der Waals surface area contributed by atoms with Gasteiger partial charge in [0.05, 0.1) is 0 Å². The summed E-state index contributed by atoms with van der Waals surface area (Å²) in [6, 6.07) is 1.16. The summed E-state index contributed by atoms with van der Waals surface area (Å²) >= 11 is 1.33. The molecule has 2 N–H and O–H groups in total. The van der Waals surface area contributed by atoms with Gasteiger partial charge in [0.25, 0.3) is 0 Å². The Labute approximate surface area is 119 Å². The number of hydrogen-bond acceptors (Lipinski definition) is 4. The number of carboxylic acids is 1. The molecule has 0 aliphatic rings. The number of aliphatic carboxylic acids is 1. The van der Waals surface area contributed by atoms with Crippen LogP contribution >= 0.6 is 11.8 Å². The number of sulfonamides is 1. The van der Waals surface area contributed by atoms with E-state index in [-0.39, 0.29) is 6.42 Å². The van der Waals surface area contributed by atoms with Crippen LogP contribution in [-0.2, 0) is 14.8 Å². The first kappa shape index (κ1) is 16.9. The van der Waals surface area contributed by atoms with Gasteiger partial charge in [-0.25, -0.2) is 17.2 Å². The van der Waals surface area contributed by atoms with Crippen LogP contribution in [0.25, 0.3) is 0 Å². The van der Waals surface area contributed by atoms with Crippen molar-refractivity contribution < 1.29 is 27.1 Å². The highest BCUT2D eigenvalue weighted by Gasteiger charge is 2.29. The Kier molecular flexibility index (Phi) is 5.90. The first-order valence-corrected chi connectivity index (χ1v) is 8.35. The van der Waals surface area contributed by atoms with E-state index in [1.165, 1.54) is 11.8 Å². The Hall–Kier alpha value is -1.19. The van der Waals surface area contributed by atoms with Crippen molar-refractivity contribution in [3.8, 4) is 0 Å². The third kappa shape index (κ3) is 4.15. The quantitative estimate of drug-likeness (QED) is 0.793. The fourth-order valence-electron chi connectivity index (χ4n) is 1.45. The third-order valence-corrected chi connectivity index (χ3v) is 4.56. The average Bonchev–Trinajstić information content (AvgIpc) is 2.33. The van der Waals surface area contributed by atoms with Gasteiger partial charge in [0.2, 0.25) is 10.0 Å². The van der Waals surface area contributed by atoms with E-state index in [0.717, 1.165) is 18.2 Å². The smallest absolute Gasteiger partial charge is 0.321 e. The van der Waals surface area contributed by atoms with Gasteiger partial charge in [-0.15, -0.1) is 0 Å². The Bertz CT molecular complexity index is 572. The minimum atomic E-state index is -4.59. The molecular weight excluding hydrogens is 312 g/mol. The molecule has 0 amide bonds. The highest BCUT2D eigenvalue weighted by molar-refractivity contribution is 7.98. The summed E-state index contributed by atoms with van der Waals surface area (Å²) in [7, 11) is -4.59. The van der Waals surface area contributed by atoms with E-state index < -0.39 is 38.6 Å². The van der Waals surface area contributed by atoms with Crippen LogP contribution in [0.1, 0.15) is 6.42 Å². The second-order valence-electron chi connectivity index (χ2n) is 3.84. The van der Waals surface area contributed by atoms with Crippen LogP contribution < -0.4 is 4.72 Å². The van der Waals surface area contributed by atoms with Crippen LogP contribution in [0.3, 0.4) is 0 Å². The molecule has 20 heavy (non-hydrogen) atoms. The summed E-state index contributed by atoms with van der Waals surface area (Å²) in [5.41, 5.74) is 0. The van der Waals surface area contributed by atoms with Crippen LogP contribution in [-0.4, -0.2) is 37.5 Å². The normalized spacial score (nSPS) is 13.2. The molecule has 1 rings (SSSR count). The molecule has 5 nitrogen and oxygen atoms in total. The Morgan fingerprint density at radius 2 is 1.95 bits per heavy atom. The molecule has 1 aromatic carbocycles. The maximum Gasteiger partial charge on any atom is 0.321 e. The van der Waals surface area contributed by atoms with Gasteiger partial charge in [0.15, 0.2) is 4.90 Å². The molecule has 0 aliphatic heterocycles. The second kappa shape index (κ2) is 7.00. The number of benzene rings is 1. The zero-order chi connectivity index (χ0) is 15.3. The van der Waals surface area contributed by atoms with Gasteiger partial charge >= 0.3 is 5.97 Å². The fraction of sp³-hybridized carbons (Fsp3) is 0.364. The van der Waals surface area contributed by atoms with Crippen LogP contribution in [0.5, 0.6) is 0 Å². The molecule has 0 radical (unpaired) electrons. The Morgan fingerprint density at radius 1 is 1.40 bits per heavy atom. The summed E-state index contributed by atoms with van der Waals surface area (Å²) < 4.78 is 52.5. The van der Waals surface area contributed by atoms with E-state index in [1.54, 1.807) is 11.0 Å². The SMILES string of the molecule is CSCC[C@@H](NS(=O)(=O)c1c(F)cccc1F)C(=O)O. The summed E-state index contributed by atoms with van der Waals surface area (Å²) in [6.45, 7) is 0. The van der Waals surface area contributed by atoms with Crippen molar-refractivity contribution in [3.63, 3.8) is 0 Å². The molecule has 0 unspecified atom stereocenters. The number of nitrogens with one attached hydrogen (secondary N) is 1. The van der Waals surface area contributed by atoms with Crippen molar-refractivity contribution in [1.82, 2.24) is 4.72 Å². The number of carbonyl (C=O) groups is 1. The van der Waals surface area contributed by atoms with Crippen LogP contribution in [0.2, 0.25) is 0 Å². The molecule has 0 spiro atoms. The van der Waals surface area contributed by atoms with Crippen molar-refractivity contribution >= 4 is 27.8 Å². The lowest BCUT2D eigenvalue weighted by Crippen LogP contribution is -2.41. The van der Waals surface area contributed by atoms with Gasteiger partial charge in [-0.1, -0.05) is 6.07 Å². The molecule has 1 atom stereocenters. The standard InChI is InChI=1S/C11H13F2NO4S2/c1-19-6-5-9(11(15)16)14-20(17,18)10-7(12)3-2-4-8(10)13/h2-4,9,14H,5-6H2,1H3,(H,15,16)/t9-/m1/s1. The largest absolute Gasteiger partial charge is 0.480 e. The number of thioether (sulfide) groups is 1. The van der Waals surface area contributed by atoms with Crippen molar-refractivity contribution in [2.45, 2.75) is 17.4 Å². The predicted octanol–water partition coefficient (Wildman–Crippen LogP) is 1.45. The zero-order valence-electron chi connectivity index (χ0n) is 10.5. The van der Waals surface area contributed by atoms with E-state index in [9.17, 15) is 22.0 Å². The van der Waals surface area contributed by atoms with E-state index in [4.69, 9.17) is 5.11 Å². The lowest BCUT2D eigenvalue weighted by atomic mass is 10.2. The number of rotatable bonds is 7. The lowest BCUT2D eigenvalue weighted by Gasteiger charge is -2.15. The predicted molar refractivity (Wildman–Crippen MR) is 71.1 cm³/mol. The minimum Gasteiger partial charge on any atom is -0.480 e. The topological polar surface area (TPSA) is 83.5 Å². The maximum absolute atomic E-state index is 13.4. The Balaban J connectivity index is 3.07. The molecule has 0 heterocycles. The summed E-state index contributed by atoms with van der Waals surface area (Å²) in [5, 5.41) is 8.93.